The lowest BCUT2D eigenvalue weighted by Gasteiger charge is -2.12. The summed E-state index contributed by atoms with van der Waals surface area (Å²) in [6, 6.07) is 12.2. The summed E-state index contributed by atoms with van der Waals surface area (Å²) < 4.78 is 13.2. The van der Waals surface area contributed by atoms with Gasteiger partial charge in [0.15, 0.2) is 16.6 Å². The van der Waals surface area contributed by atoms with Crippen LogP contribution in [0, 0.1) is 13.8 Å². The lowest BCUT2D eigenvalue weighted by Crippen LogP contribution is -2.19. The Morgan fingerprint density at radius 3 is 2.50 bits per heavy atom. The average molecular weight is 425 g/mol. The maximum atomic E-state index is 5.71. The van der Waals surface area contributed by atoms with Gasteiger partial charge in [0.05, 0.1) is 31.6 Å². The molecule has 2 aromatic carbocycles. The first-order valence-corrected chi connectivity index (χ1v) is 10.5. The topological polar surface area (TPSA) is 60.3 Å². The number of ether oxygens (including phenoxy) is 2. The molecule has 0 amide bonds. The highest BCUT2D eigenvalue weighted by Crippen LogP contribution is 2.29. The largest absolute Gasteiger partial charge is 0.490 e. The summed E-state index contributed by atoms with van der Waals surface area (Å²) >= 11 is 5.45. The summed E-state index contributed by atoms with van der Waals surface area (Å²) in [7, 11) is 0. The van der Waals surface area contributed by atoms with Gasteiger partial charge in [-0.25, -0.2) is 0 Å². The fraction of sp³-hybridized carbons (Fsp3) is 0.304. The molecule has 1 aromatic heterocycles. The van der Waals surface area contributed by atoms with Crippen LogP contribution in [0.25, 0.3) is 0 Å². The minimum atomic E-state index is 0.529. The third-order valence-electron chi connectivity index (χ3n) is 4.47. The number of thiocarbonyl (C=S) groups is 1. The fourth-order valence-electron chi connectivity index (χ4n) is 3.13. The van der Waals surface area contributed by atoms with E-state index in [1.807, 2.05) is 49.0 Å². The van der Waals surface area contributed by atoms with E-state index in [1.54, 1.807) is 6.20 Å². The predicted octanol–water partition coefficient (Wildman–Crippen LogP) is 5.15. The van der Waals surface area contributed by atoms with Crippen LogP contribution in [0.2, 0.25) is 0 Å². The quantitative estimate of drug-likeness (QED) is 0.488. The molecule has 0 bridgehead atoms. The molecule has 0 fully saturated rings. The summed E-state index contributed by atoms with van der Waals surface area (Å²) in [5.74, 6) is 1.51. The van der Waals surface area contributed by atoms with Crippen molar-refractivity contribution >= 4 is 28.7 Å². The van der Waals surface area contributed by atoms with E-state index in [0.29, 0.717) is 24.9 Å². The number of hydrogen-bond acceptors (Lipinski definition) is 4. The van der Waals surface area contributed by atoms with Crippen LogP contribution in [-0.4, -0.2) is 28.1 Å². The molecule has 0 unspecified atom stereocenters. The molecule has 3 aromatic rings. The van der Waals surface area contributed by atoms with E-state index in [0.717, 1.165) is 34.0 Å². The number of benzene rings is 2. The van der Waals surface area contributed by atoms with Crippen LogP contribution in [0.1, 0.15) is 30.5 Å². The molecule has 1 heterocycles. The first kappa shape index (κ1) is 21.6. The molecule has 0 saturated carbocycles. The maximum absolute atomic E-state index is 5.71. The molecule has 3 rings (SSSR count). The Balaban J connectivity index is 1.63. The van der Waals surface area contributed by atoms with Crippen molar-refractivity contribution in [3.05, 3.63) is 65.5 Å². The Bertz CT molecular complexity index is 1020. The molecule has 0 radical (unpaired) electrons. The van der Waals surface area contributed by atoms with E-state index in [-0.39, 0.29) is 0 Å². The van der Waals surface area contributed by atoms with Crippen LogP contribution in [0.3, 0.4) is 0 Å². The third-order valence-corrected chi connectivity index (χ3v) is 4.68. The average Bonchev–Trinajstić information content (AvgIpc) is 3.13. The molecule has 6 nitrogen and oxygen atoms in total. The highest BCUT2D eigenvalue weighted by molar-refractivity contribution is 7.80. The summed E-state index contributed by atoms with van der Waals surface area (Å²) in [6.45, 7) is 9.86. The number of anilines is 2. The van der Waals surface area contributed by atoms with Gasteiger partial charge >= 0.3 is 0 Å². The molecular weight excluding hydrogens is 396 g/mol. The Morgan fingerprint density at radius 1 is 1.00 bits per heavy atom. The molecule has 0 atom stereocenters. The van der Waals surface area contributed by atoms with Gasteiger partial charge < -0.3 is 20.1 Å². The van der Waals surface area contributed by atoms with Crippen molar-refractivity contribution in [2.75, 3.05) is 23.8 Å². The molecule has 0 spiro atoms. The zero-order valence-corrected chi connectivity index (χ0v) is 18.7. The van der Waals surface area contributed by atoms with Gasteiger partial charge in [0, 0.05) is 11.9 Å². The van der Waals surface area contributed by atoms with Crippen molar-refractivity contribution in [1.29, 1.82) is 0 Å². The first-order chi connectivity index (χ1) is 14.5. The van der Waals surface area contributed by atoms with Crippen LogP contribution < -0.4 is 20.1 Å². The van der Waals surface area contributed by atoms with Gasteiger partial charge in [0.25, 0.3) is 0 Å². The highest BCUT2D eigenvalue weighted by Gasteiger charge is 2.08. The molecule has 30 heavy (non-hydrogen) atoms. The van der Waals surface area contributed by atoms with Crippen LogP contribution in [0.4, 0.5) is 11.4 Å². The zero-order valence-electron chi connectivity index (χ0n) is 17.9. The number of aryl methyl sites for hydroxylation is 2. The first-order valence-electron chi connectivity index (χ1n) is 10.0. The molecule has 7 heteroatoms. The Kier molecular flexibility index (Phi) is 7.30. The number of nitrogens with one attached hydrogen (secondary N) is 2. The minimum Gasteiger partial charge on any atom is -0.490 e. The summed E-state index contributed by atoms with van der Waals surface area (Å²) in [6.07, 6.45) is 3.68. The lowest BCUT2D eigenvalue weighted by atomic mass is 10.1. The molecule has 2 N–H and O–H groups in total. The van der Waals surface area contributed by atoms with Crippen molar-refractivity contribution in [1.82, 2.24) is 9.78 Å². The third kappa shape index (κ3) is 5.73. The molecule has 158 valence electrons. The number of nitrogens with zero attached hydrogens (tertiary/aromatic N) is 2. The second-order valence-electron chi connectivity index (χ2n) is 6.97. The summed E-state index contributed by atoms with van der Waals surface area (Å²) in [5.41, 5.74) is 5.26. The van der Waals surface area contributed by atoms with Gasteiger partial charge in [-0.1, -0.05) is 23.8 Å². The Labute approximate surface area is 183 Å². The van der Waals surface area contributed by atoms with Gasteiger partial charge in [0.2, 0.25) is 0 Å². The Hall–Kier alpha value is -3.06. The van der Waals surface area contributed by atoms with Crippen molar-refractivity contribution < 1.29 is 9.47 Å². The standard InChI is InChI=1S/C23H28N4O2S/c1-5-28-21-10-8-18(12-22(21)29-6-2)14-27-15-19(13-24-27)25-23(30)26-20-9-7-16(3)11-17(20)4/h7-13,15H,5-6,14H2,1-4H3,(H2,25,26,30). The van der Waals surface area contributed by atoms with Gasteiger partial charge in [-0.15, -0.1) is 0 Å². The van der Waals surface area contributed by atoms with Gasteiger partial charge in [-0.05, 0) is 69.2 Å². The maximum Gasteiger partial charge on any atom is 0.175 e. The summed E-state index contributed by atoms with van der Waals surface area (Å²) in [4.78, 5) is 0. The van der Waals surface area contributed by atoms with E-state index in [4.69, 9.17) is 21.7 Å². The smallest absolute Gasteiger partial charge is 0.175 e. The number of hydrogen-bond donors (Lipinski definition) is 2. The predicted molar refractivity (Wildman–Crippen MR) is 126 cm³/mol. The number of rotatable bonds is 8. The normalized spacial score (nSPS) is 10.5. The molecular formula is C23H28N4O2S. The lowest BCUT2D eigenvalue weighted by molar-refractivity contribution is 0.287. The van der Waals surface area contributed by atoms with E-state index in [9.17, 15) is 0 Å². The fourth-order valence-corrected chi connectivity index (χ4v) is 3.36. The van der Waals surface area contributed by atoms with Crippen LogP contribution in [0.15, 0.2) is 48.8 Å². The highest BCUT2D eigenvalue weighted by atomic mass is 32.1. The van der Waals surface area contributed by atoms with E-state index in [1.165, 1.54) is 5.56 Å². The molecule has 0 saturated heterocycles. The molecule has 0 aliphatic heterocycles. The SMILES string of the molecule is CCOc1ccc(Cn2cc(NC(=S)Nc3ccc(C)cc3C)cn2)cc1OCC. The summed E-state index contributed by atoms with van der Waals surface area (Å²) in [5, 5.41) is 11.4. The van der Waals surface area contributed by atoms with E-state index >= 15 is 0 Å². The van der Waals surface area contributed by atoms with Crippen LogP contribution in [-0.2, 0) is 6.54 Å². The van der Waals surface area contributed by atoms with E-state index in [2.05, 4.69) is 41.7 Å². The number of aromatic nitrogens is 2. The monoisotopic (exact) mass is 424 g/mol. The minimum absolute atomic E-state index is 0.529. The van der Waals surface area contributed by atoms with Crippen molar-refractivity contribution in [2.24, 2.45) is 0 Å². The molecule has 0 aliphatic carbocycles. The van der Waals surface area contributed by atoms with Crippen LogP contribution in [0.5, 0.6) is 11.5 Å². The Morgan fingerprint density at radius 2 is 1.77 bits per heavy atom. The zero-order chi connectivity index (χ0) is 21.5. The van der Waals surface area contributed by atoms with Gasteiger partial charge in [-0.2, -0.15) is 5.10 Å². The van der Waals surface area contributed by atoms with Crippen molar-refractivity contribution in [2.45, 2.75) is 34.2 Å². The van der Waals surface area contributed by atoms with Crippen molar-refractivity contribution in [3.63, 3.8) is 0 Å². The van der Waals surface area contributed by atoms with Gasteiger partial charge in [0.1, 0.15) is 0 Å². The van der Waals surface area contributed by atoms with E-state index < -0.39 is 0 Å². The second kappa shape index (κ2) is 10.1. The second-order valence-corrected chi connectivity index (χ2v) is 7.38. The molecule has 0 aliphatic rings. The van der Waals surface area contributed by atoms with Gasteiger partial charge in [-0.3, -0.25) is 4.68 Å². The van der Waals surface area contributed by atoms with Crippen molar-refractivity contribution in [3.8, 4) is 11.5 Å². The van der Waals surface area contributed by atoms with Crippen LogP contribution >= 0.6 is 12.2 Å².